The highest BCUT2D eigenvalue weighted by Crippen LogP contribution is 2.48. The maximum absolute atomic E-state index is 13.6. The van der Waals surface area contributed by atoms with Crippen LogP contribution in [0.3, 0.4) is 0 Å². The molecule has 1 aliphatic heterocycles. The number of halogens is 1. The monoisotopic (exact) mass is 306 g/mol. The average molecular weight is 306 g/mol. The predicted molar refractivity (Wildman–Crippen MR) is 85.1 cm³/mol. The summed E-state index contributed by atoms with van der Waals surface area (Å²) >= 11 is 0. The van der Waals surface area contributed by atoms with Gasteiger partial charge in [-0.2, -0.15) is 8.96 Å². The fourth-order valence-corrected chi connectivity index (χ4v) is 3.52. The highest BCUT2D eigenvalue weighted by Gasteiger charge is 2.32. The van der Waals surface area contributed by atoms with Crippen molar-refractivity contribution >= 4 is 21.7 Å². The molecule has 3 heterocycles. The van der Waals surface area contributed by atoms with Crippen molar-refractivity contribution in [3.63, 3.8) is 0 Å². The average Bonchev–Trinajstić information content (AvgIpc) is 2.90. The summed E-state index contributed by atoms with van der Waals surface area (Å²) in [5, 5.41) is 2.90. The van der Waals surface area contributed by atoms with Gasteiger partial charge in [0.15, 0.2) is 11.8 Å². The van der Waals surface area contributed by atoms with Crippen molar-refractivity contribution in [3.05, 3.63) is 54.2 Å². The third-order valence-corrected chi connectivity index (χ3v) is 4.50. The first-order chi connectivity index (χ1) is 11.1. The van der Waals surface area contributed by atoms with Gasteiger partial charge in [0.1, 0.15) is 12.8 Å². The Balaban J connectivity index is 2.03. The highest BCUT2D eigenvalue weighted by atomic mass is 19.1. The lowest BCUT2D eigenvalue weighted by molar-refractivity contribution is -0.659. The lowest BCUT2D eigenvalue weighted by Crippen LogP contribution is -2.32. The Labute approximate surface area is 131 Å². The number of ether oxygens (including phenoxy) is 1. The van der Waals surface area contributed by atoms with Crippen molar-refractivity contribution < 1.29 is 18.1 Å². The van der Waals surface area contributed by atoms with Gasteiger partial charge in [0, 0.05) is 11.5 Å². The Bertz CT molecular complexity index is 1130. The zero-order valence-electron chi connectivity index (χ0n) is 12.7. The van der Waals surface area contributed by atoms with Gasteiger partial charge in [-0.05, 0) is 23.9 Å². The molecule has 0 spiro atoms. The molecule has 3 nitrogen and oxygen atoms in total. The minimum absolute atomic E-state index is 0.446. The molecular weight excluding hydrogens is 293 g/mol. The molecule has 23 heavy (non-hydrogen) atoms. The molecule has 112 valence electrons. The van der Waals surface area contributed by atoms with Crippen molar-refractivity contribution in [3.8, 4) is 22.8 Å². The number of furan rings is 1. The number of pyridine rings is 1. The number of fused-ring (bicyclic) bond motifs is 4. The van der Waals surface area contributed by atoms with Crippen LogP contribution < -0.4 is 9.30 Å². The molecule has 0 fully saturated rings. The zero-order chi connectivity index (χ0) is 15.7. The van der Waals surface area contributed by atoms with Crippen LogP contribution >= 0.6 is 0 Å². The van der Waals surface area contributed by atoms with Gasteiger partial charge in [-0.1, -0.05) is 24.3 Å². The quantitative estimate of drug-likeness (QED) is 0.390. The van der Waals surface area contributed by atoms with E-state index in [0.29, 0.717) is 16.7 Å². The van der Waals surface area contributed by atoms with Crippen molar-refractivity contribution in [1.82, 2.24) is 0 Å². The summed E-state index contributed by atoms with van der Waals surface area (Å²) in [5.41, 5.74) is 3.62. The third kappa shape index (κ3) is 1.55. The number of hydrogen-bond donors (Lipinski definition) is 0. The Morgan fingerprint density at radius 3 is 2.83 bits per heavy atom. The van der Waals surface area contributed by atoms with Crippen LogP contribution in [0.5, 0.6) is 11.5 Å². The molecule has 4 aromatic rings. The molecule has 0 amide bonds. The summed E-state index contributed by atoms with van der Waals surface area (Å²) in [6.45, 7) is 2.08. The summed E-state index contributed by atoms with van der Waals surface area (Å²) in [6, 6.07) is 10.9. The normalized spacial score (nSPS) is 12.5. The van der Waals surface area contributed by atoms with E-state index in [1.165, 1.54) is 6.07 Å². The molecule has 4 heteroatoms. The second-order valence-corrected chi connectivity index (χ2v) is 5.97. The van der Waals surface area contributed by atoms with Crippen molar-refractivity contribution in [2.45, 2.75) is 6.92 Å². The first kappa shape index (κ1) is 12.6. The second-order valence-electron chi connectivity index (χ2n) is 5.97. The van der Waals surface area contributed by atoms with Gasteiger partial charge in [0.2, 0.25) is 5.75 Å². The topological polar surface area (TPSA) is 26.2 Å². The molecule has 0 N–H and O–H groups in total. The van der Waals surface area contributed by atoms with E-state index < -0.39 is 6.01 Å². The fraction of sp³-hybridized carbons (Fsp3) is 0.105. The van der Waals surface area contributed by atoms with Crippen molar-refractivity contribution in [2.75, 3.05) is 0 Å². The molecule has 5 rings (SSSR count). The Kier molecular flexibility index (Phi) is 2.25. The summed E-state index contributed by atoms with van der Waals surface area (Å²) in [5.74, 6) is 1.35. The van der Waals surface area contributed by atoms with Crippen LogP contribution in [-0.2, 0) is 7.05 Å². The molecule has 1 aliphatic rings. The van der Waals surface area contributed by atoms with Gasteiger partial charge < -0.3 is 9.15 Å². The standard InChI is InChI=1S/C19H13FNO2/c1-10-6-7-11-4-3-5-13-16(11)15(10)17-19(22-13)18-12(9-21(17)2)8-14(20)23-18/h3-9H,1-2H3/q+1. The van der Waals surface area contributed by atoms with Crippen LogP contribution in [0, 0.1) is 12.9 Å². The zero-order valence-corrected chi connectivity index (χ0v) is 12.7. The summed E-state index contributed by atoms with van der Waals surface area (Å²) in [6.07, 6.45) is 1.87. The van der Waals surface area contributed by atoms with Crippen molar-refractivity contribution in [1.29, 1.82) is 0 Å². The fourth-order valence-electron chi connectivity index (χ4n) is 3.52. The Morgan fingerprint density at radius 1 is 1.09 bits per heavy atom. The number of rotatable bonds is 0. The predicted octanol–water partition coefficient (Wildman–Crippen LogP) is 4.63. The maximum atomic E-state index is 13.6. The van der Waals surface area contributed by atoms with E-state index in [9.17, 15) is 4.39 Å². The Hall–Kier alpha value is -2.88. The van der Waals surface area contributed by atoms with Crippen LogP contribution in [0.2, 0.25) is 0 Å². The minimum atomic E-state index is -0.606. The van der Waals surface area contributed by atoms with E-state index in [0.717, 1.165) is 33.3 Å². The van der Waals surface area contributed by atoms with E-state index in [-0.39, 0.29) is 0 Å². The van der Waals surface area contributed by atoms with Crippen LogP contribution in [0.4, 0.5) is 4.39 Å². The maximum Gasteiger partial charge on any atom is 0.279 e. The first-order valence-electron chi connectivity index (χ1n) is 7.46. The van der Waals surface area contributed by atoms with Gasteiger partial charge in [0.05, 0.1) is 10.9 Å². The minimum Gasteiger partial charge on any atom is -0.446 e. The SMILES string of the molecule is Cc1ccc2cccc3c2c1-c1c(c2oc(F)cc2c[n+]1C)O3. The van der Waals surface area contributed by atoms with E-state index >= 15 is 0 Å². The lowest BCUT2D eigenvalue weighted by Gasteiger charge is -2.20. The molecule has 0 radical (unpaired) electrons. The van der Waals surface area contributed by atoms with E-state index in [4.69, 9.17) is 9.15 Å². The van der Waals surface area contributed by atoms with Crippen molar-refractivity contribution in [2.24, 2.45) is 7.05 Å². The van der Waals surface area contributed by atoms with E-state index in [2.05, 4.69) is 25.1 Å². The van der Waals surface area contributed by atoms with Crippen LogP contribution in [0.25, 0.3) is 33.0 Å². The largest absolute Gasteiger partial charge is 0.446 e. The van der Waals surface area contributed by atoms with Crippen LogP contribution in [0.15, 0.2) is 47.0 Å². The molecule has 2 aromatic carbocycles. The third-order valence-electron chi connectivity index (χ3n) is 4.50. The first-order valence-corrected chi connectivity index (χ1v) is 7.46. The number of hydrogen-bond acceptors (Lipinski definition) is 2. The Morgan fingerprint density at radius 2 is 1.96 bits per heavy atom. The molecule has 2 aromatic heterocycles. The summed E-state index contributed by atoms with van der Waals surface area (Å²) in [4.78, 5) is 0. The van der Waals surface area contributed by atoms with E-state index in [1.54, 1.807) is 0 Å². The second kappa shape index (κ2) is 4.10. The number of aromatic nitrogens is 1. The van der Waals surface area contributed by atoms with Crippen LogP contribution in [0.1, 0.15) is 5.56 Å². The van der Waals surface area contributed by atoms with Gasteiger partial charge in [0.25, 0.3) is 11.7 Å². The van der Waals surface area contributed by atoms with Gasteiger partial charge in [-0.3, -0.25) is 0 Å². The molecule has 0 unspecified atom stereocenters. The van der Waals surface area contributed by atoms with Gasteiger partial charge in [-0.25, -0.2) is 0 Å². The highest BCUT2D eigenvalue weighted by molar-refractivity contribution is 6.06. The van der Waals surface area contributed by atoms with Gasteiger partial charge >= 0.3 is 0 Å². The molecule has 0 saturated heterocycles. The smallest absolute Gasteiger partial charge is 0.279 e. The molecular formula is C19H13FNO2+. The summed E-state index contributed by atoms with van der Waals surface area (Å²) < 4.78 is 27.0. The van der Waals surface area contributed by atoms with Gasteiger partial charge in [-0.15, -0.1) is 0 Å². The lowest BCUT2D eigenvalue weighted by atomic mass is 9.93. The van der Waals surface area contributed by atoms with Crippen LogP contribution in [-0.4, -0.2) is 0 Å². The molecule has 0 atom stereocenters. The summed E-state index contributed by atoms with van der Waals surface area (Å²) in [7, 11) is 1.94. The number of nitrogens with zero attached hydrogens (tertiary/aromatic N) is 1. The van der Waals surface area contributed by atoms with E-state index in [1.807, 2.05) is 29.9 Å². The number of aryl methyl sites for hydroxylation is 2. The molecule has 0 saturated carbocycles. The number of benzene rings is 2. The molecule has 0 bridgehead atoms. The molecule has 0 aliphatic carbocycles.